The van der Waals surface area contributed by atoms with Crippen molar-refractivity contribution < 1.29 is 18.9 Å². The standard InChI is InChI=1S/C8H17O4P/c1-3-7-4-6(2)5-8(7)12-13(9,10)11/h6-8H,3-5H2,1-2H3,(H2,9,10,11). The van der Waals surface area contributed by atoms with Gasteiger partial charge >= 0.3 is 7.82 Å². The number of hydrogen-bond donors (Lipinski definition) is 2. The van der Waals surface area contributed by atoms with E-state index in [0.29, 0.717) is 11.8 Å². The average molecular weight is 208 g/mol. The largest absolute Gasteiger partial charge is 0.469 e. The maximum atomic E-state index is 10.6. The molecule has 3 unspecified atom stereocenters. The van der Waals surface area contributed by atoms with E-state index in [0.717, 1.165) is 19.3 Å². The summed E-state index contributed by atoms with van der Waals surface area (Å²) in [6.07, 6.45) is 2.46. The molecule has 0 aromatic rings. The lowest BCUT2D eigenvalue weighted by Crippen LogP contribution is -2.16. The third-order valence-electron chi connectivity index (χ3n) is 2.66. The van der Waals surface area contributed by atoms with Crippen molar-refractivity contribution in [3.8, 4) is 0 Å². The Labute approximate surface area is 78.5 Å². The molecule has 3 atom stereocenters. The summed E-state index contributed by atoms with van der Waals surface area (Å²) in [6.45, 7) is 4.12. The van der Waals surface area contributed by atoms with Gasteiger partial charge in [-0.05, 0) is 24.7 Å². The first-order valence-corrected chi connectivity index (χ1v) is 6.19. The second-order valence-corrected chi connectivity index (χ2v) is 5.07. The normalized spacial score (nSPS) is 35.2. The van der Waals surface area contributed by atoms with Gasteiger partial charge in [-0.25, -0.2) is 4.57 Å². The molecular weight excluding hydrogens is 191 g/mol. The number of phosphoric ester groups is 1. The molecule has 0 radical (unpaired) electrons. The minimum absolute atomic E-state index is 0.249. The highest BCUT2D eigenvalue weighted by atomic mass is 31.2. The fourth-order valence-electron chi connectivity index (χ4n) is 2.09. The van der Waals surface area contributed by atoms with E-state index in [1.807, 2.05) is 6.92 Å². The number of hydrogen-bond acceptors (Lipinski definition) is 2. The zero-order valence-electron chi connectivity index (χ0n) is 8.01. The molecule has 1 rings (SSSR count). The van der Waals surface area contributed by atoms with Gasteiger partial charge in [-0.1, -0.05) is 20.3 Å². The van der Waals surface area contributed by atoms with Crippen LogP contribution in [0.1, 0.15) is 33.1 Å². The van der Waals surface area contributed by atoms with Crippen molar-refractivity contribution in [1.29, 1.82) is 0 Å². The van der Waals surface area contributed by atoms with E-state index in [9.17, 15) is 4.57 Å². The Morgan fingerprint density at radius 1 is 1.46 bits per heavy atom. The molecule has 0 heterocycles. The summed E-state index contributed by atoms with van der Waals surface area (Å²) in [5, 5.41) is 0. The number of phosphoric acid groups is 1. The van der Waals surface area contributed by atoms with Gasteiger partial charge in [0, 0.05) is 0 Å². The van der Waals surface area contributed by atoms with Crippen LogP contribution in [0.2, 0.25) is 0 Å². The highest BCUT2D eigenvalue weighted by Gasteiger charge is 2.35. The van der Waals surface area contributed by atoms with Gasteiger partial charge in [-0.15, -0.1) is 0 Å². The quantitative estimate of drug-likeness (QED) is 0.695. The predicted molar refractivity (Wildman–Crippen MR) is 49.1 cm³/mol. The van der Waals surface area contributed by atoms with Gasteiger partial charge in [-0.3, -0.25) is 4.52 Å². The van der Waals surface area contributed by atoms with Crippen LogP contribution in [-0.2, 0) is 9.09 Å². The summed E-state index contributed by atoms with van der Waals surface area (Å²) in [6, 6.07) is 0. The second kappa shape index (κ2) is 4.09. The van der Waals surface area contributed by atoms with E-state index in [4.69, 9.17) is 14.3 Å². The summed E-state index contributed by atoms with van der Waals surface area (Å²) in [5.74, 6) is 0.823. The summed E-state index contributed by atoms with van der Waals surface area (Å²) in [5.41, 5.74) is 0. The first-order valence-electron chi connectivity index (χ1n) is 4.66. The fourth-order valence-corrected chi connectivity index (χ4v) is 2.70. The molecule has 0 bridgehead atoms. The smallest absolute Gasteiger partial charge is 0.303 e. The maximum absolute atomic E-state index is 10.6. The molecule has 1 aliphatic carbocycles. The lowest BCUT2D eigenvalue weighted by Gasteiger charge is -2.18. The molecule has 0 amide bonds. The molecule has 1 fully saturated rings. The van der Waals surface area contributed by atoms with Crippen molar-refractivity contribution in [2.24, 2.45) is 11.8 Å². The lowest BCUT2D eigenvalue weighted by atomic mass is 10.0. The van der Waals surface area contributed by atoms with Crippen LogP contribution in [-0.4, -0.2) is 15.9 Å². The van der Waals surface area contributed by atoms with Crippen molar-refractivity contribution in [3.05, 3.63) is 0 Å². The summed E-state index contributed by atoms with van der Waals surface area (Å²) in [4.78, 5) is 17.3. The molecule has 0 aromatic carbocycles. The fraction of sp³-hybridized carbons (Fsp3) is 1.00. The Morgan fingerprint density at radius 3 is 2.54 bits per heavy atom. The van der Waals surface area contributed by atoms with Crippen molar-refractivity contribution in [2.75, 3.05) is 0 Å². The molecule has 1 saturated carbocycles. The van der Waals surface area contributed by atoms with E-state index in [2.05, 4.69) is 6.92 Å². The highest BCUT2D eigenvalue weighted by molar-refractivity contribution is 7.46. The minimum Gasteiger partial charge on any atom is -0.303 e. The van der Waals surface area contributed by atoms with E-state index in [1.165, 1.54) is 0 Å². The lowest BCUT2D eigenvalue weighted by molar-refractivity contribution is 0.103. The Hall–Kier alpha value is 0.110. The minimum atomic E-state index is -4.29. The molecule has 0 aliphatic heterocycles. The molecule has 2 N–H and O–H groups in total. The van der Waals surface area contributed by atoms with Crippen molar-refractivity contribution in [3.63, 3.8) is 0 Å². The van der Waals surface area contributed by atoms with Crippen LogP contribution in [0.4, 0.5) is 0 Å². The third-order valence-corrected chi connectivity index (χ3v) is 3.21. The average Bonchev–Trinajstić information content (AvgIpc) is 2.27. The van der Waals surface area contributed by atoms with Crippen molar-refractivity contribution in [1.82, 2.24) is 0 Å². The van der Waals surface area contributed by atoms with Crippen LogP contribution in [0.15, 0.2) is 0 Å². The SMILES string of the molecule is CCC1CC(C)CC1OP(=O)(O)O. The number of rotatable bonds is 3. The first kappa shape index (κ1) is 11.2. The summed E-state index contributed by atoms with van der Waals surface area (Å²) < 4.78 is 15.4. The van der Waals surface area contributed by atoms with Crippen LogP contribution in [0.5, 0.6) is 0 Å². The maximum Gasteiger partial charge on any atom is 0.469 e. The predicted octanol–water partition coefficient (Wildman–Crippen LogP) is 1.92. The molecule has 1 aliphatic rings. The van der Waals surface area contributed by atoms with Gasteiger partial charge in [0.1, 0.15) is 0 Å². The molecular formula is C8H17O4P. The third kappa shape index (κ3) is 3.39. The Kier molecular flexibility index (Phi) is 3.52. The highest BCUT2D eigenvalue weighted by Crippen LogP contribution is 2.45. The van der Waals surface area contributed by atoms with Gasteiger partial charge in [-0.2, -0.15) is 0 Å². The molecule has 4 nitrogen and oxygen atoms in total. The zero-order valence-corrected chi connectivity index (χ0v) is 8.91. The van der Waals surface area contributed by atoms with Crippen LogP contribution in [0.3, 0.4) is 0 Å². The van der Waals surface area contributed by atoms with Crippen LogP contribution >= 0.6 is 7.82 Å². The van der Waals surface area contributed by atoms with Gasteiger partial charge in [0.25, 0.3) is 0 Å². The van der Waals surface area contributed by atoms with Crippen molar-refractivity contribution >= 4 is 7.82 Å². The van der Waals surface area contributed by atoms with Gasteiger partial charge in [0.15, 0.2) is 0 Å². The molecule has 5 heteroatoms. The second-order valence-electron chi connectivity index (χ2n) is 3.88. The molecule has 13 heavy (non-hydrogen) atoms. The Balaban J connectivity index is 2.54. The van der Waals surface area contributed by atoms with Gasteiger partial charge < -0.3 is 9.79 Å². The molecule has 0 aromatic heterocycles. The zero-order chi connectivity index (χ0) is 10.1. The molecule has 0 saturated heterocycles. The van der Waals surface area contributed by atoms with Crippen LogP contribution in [0.25, 0.3) is 0 Å². The topological polar surface area (TPSA) is 66.8 Å². The van der Waals surface area contributed by atoms with E-state index in [-0.39, 0.29) is 6.10 Å². The summed E-state index contributed by atoms with van der Waals surface area (Å²) >= 11 is 0. The Bertz CT molecular complexity index is 212. The summed E-state index contributed by atoms with van der Waals surface area (Å²) in [7, 11) is -4.29. The van der Waals surface area contributed by atoms with E-state index in [1.54, 1.807) is 0 Å². The molecule has 78 valence electrons. The first-order chi connectivity index (χ1) is 5.92. The van der Waals surface area contributed by atoms with Gasteiger partial charge in [0.2, 0.25) is 0 Å². The monoisotopic (exact) mass is 208 g/mol. The van der Waals surface area contributed by atoms with Crippen LogP contribution in [0, 0.1) is 11.8 Å². The van der Waals surface area contributed by atoms with E-state index < -0.39 is 7.82 Å². The Morgan fingerprint density at radius 2 is 2.08 bits per heavy atom. The molecule has 0 spiro atoms. The van der Waals surface area contributed by atoms with E-state index >= 15 is 0 Å². The van der Waals surface area contributed by atoms with Crippen molar-refractivity contribution in [2.45, 2.75) is 39.2 Å². The van der Waals surface area contributed by atoms with Crippen LogP contribution < -0.4 is 0 Å². The van der Waals surface area contributed by atoms with Gasteiger partial charge in [0.05, 0.1) is 6.10 Å².